The monoisotopic (exact) mass is 307 g/mol. The molecule has 1 aromatic rings. The van der Waals surface area contributed by atoms with E-state index in [1.807, 2.05) is 0 Å². The summed E-state index contributed by atoms with van der Waals surface area (Å²) < 4.78 is 22.7. The third-order valence-corrected chi connectivity index (χ3v) is 5.33. The van der Waals surface area contributed by atoms with E-state index < -0.39 is 21.3 Å². The van der Waals surface area contributed by atoms with Crippen LogP contribution in [-0.4, -0.2) is 37.2 Å². The SMILES string of the molecule is O=C(NC1CS(=O)(=O)CC1Cl)c1ccc(Cl)cc1. The van der Waals surface area contributed by atoms with E-state index in [1.54, 1.807) is 24.3 Å². The highest BCUT2D eigenvalue weighted by Crippen LogP contribution is 2.18. The first-order chi connectivity index (χ1) is 8.37. The molecule has 98 valence electrons. The fourth-order valence-corrected chi connectivity index (χ4v) is 4.47. The minimum atomic E-state index is -3.15. The number of sulfone groups is 1. The zero-order valence-electron chi connectivity index (χ0n) is 9.27. The van der Waals surface area contributed by atoms with Crippen LogP contribution in [0.4, 0.5) is 0 Å². The molecule has 0 spiro atoms. The molecule has 1 N–H and O–H groups in total. The van der Waals surface area contributed by atoms with Crippen molar-refractivity contribution < 1.29 is 13.2 Å². The summed E-state index contributed by atoms with van der Waals surface area (Å²) in [5.74, 6) is -0.555. The number of alkyl halides is 1. The van der Waals surface area contributed by atoms with Gasteiger partial charge in [0.1, 0.15) is 0 Å². The second kappa shape index (κ2) is 5.07. The van der Waals surface area contributed by atoms with Crippen LogP contribution in [0.5, 0.6) is 0 Å². The van der Waals surface area contributed by atoms with Gasteiger partial charge in [0.15, 0.2) is 9.84 Å². The molecule has 0 radical (unpaired) electrons. The van der Waals surface area contributed by atoms with E-state index in [9.17, 15) is 13.2 Å². The number of hydrogen-bond donors (Lipinski definition) is 1. The average molecular weight is 308 g/mol. The van der Waals surface area contributed by atoms with Crippen molar-refractivity contribution in [2.45, 2.75) is 11.4 Å². The van der Waals surface area contributed by atoms with Crippen molar-refractivity contribution in [2.75, 3.05) is 11.5 Å². The van der Waals surface area contributed by atoms with E-state index in [0.717, 1.165) is 0 Å². The van der Waals surface area contributed by atoms with Crippen LogP contribution in [0.25, 0.3) is 0 Å². The molecule has 1 aliphatic heterocycles. The van der Waals surface area contributed by atoms with Gasteiger partial charge in [0.05, 0.1) is 22.9 Å². The minimum absolute atomic E-state index is 0.0971. The van der Waals surface area contributed by atoms with Gasteiger partial charge >= 0.3 is 0 Å². The topological polar surface area (TPSA) is 63.2 Å². The molecule has 0 aliphatic carbocycles. The maximum atomic E-state index is 11.9. The van der Waals surface area contributed by atoms with Crippen molar-refractivity contribution in [3.8, 4) is 0 Å². The lowest BCUT2D eigenvalue weighted by Gasteiger charge is -2.14. The van der Waals surface area contributed by atoms with Crippen LogP contribution in [0.3, 0.4) is 0 Å². The predicted molar refractivity (Wildman–Crippen MR) is 71.0 cm³/mol. The standard InChI is InChI=1S/C11H11Cl2NO3S/c12-8-3-1-7(2-4-8)11(15)14-10-6-18(16,17)5-9(10)13/h1-4,9-10H,5-6H2,(H,14,15). The zero-order chi connectivity index (χ0) is 13.3. The highest BCUT2D eigenvalue weighted by Gasteiger charge is 2.37. The Morgan fingerprint density at radius 2 is 1.83 bits per heavy atom. The van der Waals surface area contributed by atoms with Crippen LogP contribution < -0.4 is 5.32 Å². The van der Waals surface area contributed by atoms with Gasteiger partial charge in [-0.1, -0.05) is 11.6 Å². The van der Waals surface area contributed by atoms with Gasteiger partial charge in [0.2, 0.25) is 0 Å². The maximum Gasteiger partial charge on any atom is 0.251 e. The van der Waals surface area contributed by atoms with Gasteiger partial charge in [-0.05, 0) is 24.3 Å². The average Bonchev–Trinajstić information content (AvgIpc) is 2.52. The number of rotatable bonds is 2. The Morgan fingerprint density at radius 1 is 1.22 bits per heavy atom. The molecule has 0 bridgehead atoms. The summed E-state index contributed by atoms with van der Waals surface area (Å²) in [5, 5.41) is 2.58. The summed E-state index contributed by atoms with van der Waals surface area (Å²) in [5.41, 5.74) is 0.424. The van der Waals surface area contributed by atoms with Gasteiger partial charge in [0, 0.05) is 10.6 Å². The normalized spacial score (nSPS) is 25.9. The molecule has 2 rings (SSSR count). The summed E-state index contributed by atoms with van der Waals surface area (Å²) in [6, 6.07) is 5.80. The molecule has 2 unspecified atom stereocenters. The summed E-state index contributed by atoms with van der Waals surface area (Å²) in [6.45, 7) is 0. The van der Waals surface area contributed by atoms with Gasteiger partial charge < -0.3 is 5.32 Å². The Bertz CT molecular complexity index is 556. The molecule has 1 saturated heterocycles. The van der Waals surface area contributed by atoms with Gasteiger partial charge in [-0.15, -0.1) is 11.6 Å². The Balaban J connectivity index is 2.06. The molecule has 1 fully saturated rings. The Hall–Kier alpha value is -0.780. The van der Waals surface area contributed by atoms with E-state index in [4.69, 9.17) is 23.2 Å². The third kappa shape index (κ3) is 3.16. The lowest BCUT2D eigenvalue weighted by Crippen LogP contribution is -2.40. The molecular formula is C11H11Cl2NO3S. The van der Waals surface area contributed by atoms with E-state index in [-0.39, 0.29) is 17.4 Å². The number of amides is 1. The van der Waals surface area contributed by atoms with Gasteiger partial charge in [-0.2, -0.15) is 0 Å². The summed E-state index contributed by atoms with van der Waals surface area (Å²) in [4.78, 5) is 11.9. The van der Waals surface area contributed by atoms with Crippen molar-refractivity contribution in [2.24, 2.45) is 0 Å². The van der Waals surface area contributed by atoms with Crippen molar-refractivity contribution in [1.82, 2.24) is 5.32 Å². The fraction of sp³-hybridized carbons (Fsp3) is 0.364. The first-order valence-corrected chi connectivity index (χ1v) is 7.92. The highest BCUT2D eigenvalue weighted by atomic mass is 35.5. The van der Waals surface area contributed by atoms with Gasteiger partial charge in [-0.25, -0.2) is 8.42 Å². The van der Waals surface area contributed by atoms with Crippen molar-refractivity contribution in [3.63, 3.8) is 0 Å². The summed E-state index contributed by atoms with van der Waals surface area (Å²) in [6.07, 6.45) is 0. The largest absolute Gasteiger partial charge is 0.347 e. The molecule has 18 heavy (non-hydrogen) atoms. The predicted octanol–water partition coefficient (Wildman–Crippen LogP) is 1.47. The van der Waals surface area contributed by atoms with E-state index in [1.165, 1.54) is 0 Å². The maximum absolute atomic E-state index is 11.9. The summed E-state index contributed by atoms with van der Waals surface area (Å²) in [7, 11) is -3.15. The Kier molecular flexibility index (Phi) is 3.84. The van der Waals surface area contributed by atoms with Crippen LogP contribution >= 0.6 is 23.2 Å². The van der Waals surface area contributed by atoms with Gasteiger partial charge in [-0.3, -0.25) is 4.79 Å². The molecule has 1 aromatic carbocycles. The van der Waals surface area contributed by atoms with Crippen LogP contribution in [0, 0.1) is 0 Å². The number of halogens is 2. The third-order valence-electron chi connectivity index (χ3n) is 2.71. The number of nitrogens with one attached hydrogen (secondary N) is 1. The molecule has 1 amide bonds. The minimum Gasteiger partial charge on any atom is -0.347 e. The van der Waals surface area contributed by atoms with Crippen LogP contribution in [0.2, 0.25) is 5.02 Å². The van der Waals surface area contributed by atoms with Gasteiger partial charge in [0.25, 0.3) is 5.91 Å². The highest BCUT2D eigenvalue weighted by molar-refractivity contribution is 7.91. The molecule has 0 saturated carbocycles. The number of hydrogen-bond acceptors (Lipinski definition) is 3. The van der Waals surface area contributed by atoms with Crippen LogP contribution in [-0.2, 0) is 9.84 Å². The second-order valence-electron chi connectivity index (χ2n) is 4.18. The number of benzene rings is 1. The second-order valence-corrected chi connectivity index (χ2v) is 7.33. The summed E-state index contributed by atoms with van der Waals surface area (Å²) >= 11 is 11.6. The molecule has 4 nitrogen and oxygen atoms in total. The molecule has 1 heterocycles. The van der Waals surface area contributed by atoms with E-state index in [2.05, 4.69) is 5.32 Å². The van der Waals surface area contributed by atoms with Crippen molar-refractivity contribution >= 4 is 38.9 Å². The molecule has 1 aliphatic rings. The molecule has 0 aromatic heterocycles. The van der Waals surface area contributed by atoms with Crippen molar-refractivity contribution in [1.29, 1.82) is 0 Å². The van der Waals surface area contributed by atoms with Crippen molar-refractivity contribution in [3.05, 3.63) is 34.9 Å². The quantitative estimate of drug-likeness (QED) is 0.842. The van der Waals surface area contributed by atoms with E-state index >= 15 is 0 Å². The molecule has 2 atom stereocenters. The smallest absolute Gasteiger partial charge is 0.251 e. The first-order valence-electron chi connectivity index (χ1n) is 5.28. The lowest BCUT2D eigenvalue weighted by atomic mass is 10.2. The Morgan fingerprint density at radius 3 is 2.33 bits per heavy atom. The number of carbonyl (C=O) groups is 1. The fourth-order valence-electron chi connectivity index (χ4n) is 1.79. The Labute approximate surface area is 115 Å². The molecular weight excluding hydrogens is 297 g/mol. The van der Waals surface area contributed by atoms with Crippen LogP contribution in [0.1, 0.15) is 10.4 Å². The lowest BCUT2D eigenvalue weighted by molar-refractivity contribution is 0.0941. The first kappa shape index (κ1) is 13.6. The van der Waals surface area contributed by atoms with E-state index in [0.29, 0.717) is 10.6 Å². The molecule has 7 heteroatoms. The van der Waals surface area contributed by atoms with Crippen LogP contribution in [0.15, 0.2) is 24.3 Å². The zero-order valence-corrected chi connectivity index (χ0v) is 11.6. The number of carbonyl (C=O) groups excluding carboxylic acids is 1.